The first-order chi connectivity index (χ1) is 8.30. The van der Waals surface area contributed by atoms with Crippen molar-refractivity contribution in [1.29, 1.82) is 0 Å². The number of rotatable bonds is 3. The molecular formula is C13H20O5. The predicted molar refractivity (Wildman–Crippen MR) is 64.9 cm³/mol. The highest BCUT2D eigenvalue weighted by atomic mass is 16.6. The smallest absolute Gasteiger partial charge is 0.371 e. The Bertz CT molecular complexity index is 345. The maximum atomic E-state index is 11.7. The molecule has 0 aromatic carbocycles. The fourth-order valence-corrected chi connectivity index (χ4v) is 1.47. The number of ether oxygens (including phenoxy) is 2. The molecule has 1 N–H and O–H groups in total. The molecule has 1 aliphatic rings. The molecular weight excluding hydrogens is 236 g/mol. The average molecular weight is 256 g/mol. The quantitative estimate of drug-likeness (QED) is 0.475. The van der Waals surface area contributed by atoms with Crippen LogP contribution in [0.3, 0.4) is 0 Å². The van der Waals surface area contributed by atoms with E-state index in [1.807, 2.05) is 0 Å². The standard InChI is InChI=1S/C13H20O5/c1-13(2,3)12(16)18-10(11(14)15)8-9-6-4-5-7-17-9/h8-9H,4-7H2,1-3H3,(H,14,15)/b10-8+. The van der Waals surface area contributed by atoms with Gasteiger partial charge in [0, 0.05) is 6.61 Å². The minimum atomic E-state index is -1.25. The Labute approximate surface area is 107 Å². The van der Waals surface area contributed by atoms with Gasteiger partial charge >= 0.3 is 11.9 Å². The molecule has 102 valence electrons. The second kappa shape index (κ2) is 6.00. The van der Waals surface area contributed by atoms with Gasteiger partial charge in [0.2, 0.25) is 5.76 Å². The van der Waals surface area contributed by atoms with Crippen LogP contribution in [0.15, 0.2) is 11.8 Å². The van der Waals surface area contributed by atoms with Gasteiger partial charge in [-0.15, -0.1) is 0 Å². The van der Waals surface area contributed by atoms with Crippen molar-refractivity contribution in [1.82, 2.24) is 0 Å². The van der Waals surface area contributed by atoms with Crippen molar-refractivity contribution in [2.45, 2.75) is 46.1 Å². The van der Waals surface area contributed by atoms with Crippen LogP contribution in [0.25, 0.3) is 0 Å². The van der Waals surface area contributed by atoms with Crippen LogP contribution in [-0.2, 0) is 19.1 Å². The van der Waals surface area contributed by atoms with Crippen LogP contribution < -0.4 is 0 Å². The molecule has 0 aliphatic carbocycles. The van der Waals surface area contributed by atoms with Gasteiger partial charge in [0.25, 0.3) is 0 Å². The summed E-state index contributed by atoms with van der Waals surface area (Å²) in [6.07, 6.45) is 3.82. The Hall–Kier alpha value is -1.36. The molecule has 0 saturated carbocycles. The lowest BCUT2D eigenvalue weighted by molar-refractivity contribution is -0.154. The number of hydrogen-bond donors (Lipinski definition) is 1. The lowest BCUT2D eigenvalue weighted by atomic mass is 9.97. The van der Waals surface area contributed by atoms with Crippen molar-refractivity contribution in [2.24, 2.45) is 5.41 Å². The summed E-state index contributed by atoms with van der Waals surface area (Å²) in [5.74, 6) is -2.16. The first kappa shape index (κ1) is 14.7. The zero-order valence-electron chi connectivity index (χ0n) is 11.1. The van der Waals surface area contributed by atoms with E-state index in [4.69, 9.17) is 14.6 Å². The average Bonchev–Trinajstić information content (AvgIpc) is 2.28. The third-order valence-electron chi connectivity index (χ3n) is 2.58. The number of carbonyl (C=O) groups is 2. The van der Waals surface area contributed by atoms with Gasteiger partial charge in [-0.05, 0) is 46.1 Å². The van der Waals surface area contributed by atoms with Crippen LogP contribution in [0.1, 0.15) is 40.0 Å². The summed E-state index contributed by atoms with van der Waals surface area (Å²) in [5.41, 5.74) is -0.734. The number of aliphatic carboxylic acids is 1. The monoisotopic (exact) mass is 256 g/mol. The minimum absolute atomic E-state index is 0.280. The molecule has 0 spiro atoms. The van der Waals surface area contributed by atoms with Crippen LogP contribution in [0.5, 0.6) is 0 Å². The van der Waals surface area contributed by atoms with E-state index in [9.17, 15) is 9.59 Å². The Morgan fingerprint density at radius 1 is 1.33 bits per heavy atom. The molecule has 5 heteroatoms. The molecule has 1 atom stereocenters. The van der Waals surface area contributed by atoms with Crippen molar-refractivity contribution in [3.05, 3.63) is 11.8 Å². The van der Waals surface area contributed by atoms with Crippen LogP contribution >= 0.6 is 0 Å². The van der Waals surface area contributed by atoms with Crippen LogP contribution in [-0.4, -0.2) is 29.8 Å². The molecule has 0 aromatic heterocycles. The van der Waals surface area contributed by atoms with E-state index in [0.29, 0.717) is 6.61 Å². The summed E-state index contributed by atoms with van der Waals surface area (Å²) >= 11 is 0. The number of hydrogen-bond acceptors (Lipinski definition) is 4. The first-order valence-corrected chi connectivity index (χ1v) is 6.09. The SMILES string of the molecule is CC(C)(C)C(=O)O/C(=C/C1CCCCO1)C(=O)O. The lowest BCUT2D eigenvalue weighted by Gasteiger charge is -2.21. The molecule has 0 amide bonds. The van der Waals surface area contributed by atoms with Crippen molar-refractivity contribution >= 4 is 11.9 Å². The first-order valence-electron chi connectivity index (χ1n) is 6.09. The number of esters is 1. The molecule has 0 radical (unpaired) electrons. The number of carbonyl (C=O) groups excluding carboxylic acids is 1. The van der Waals surface area contributed by atoms with Crippen LogP contribution in [0, 0.1) is 5.41 Å². The van der Waals surface area contributed by atoms with Gasteiger partial charge in [-0.2, -0.15) is 0 Å². The van der Waals surface area contributed by atoms with E-state index in [2.05, 4.69) is 0 Å². The topological polar surface area (TPSA) is 72.8 Å². The predicted octanol–water partition coefficient (Wildman–Crippen LogP) is 2.11. The van der Waals surface area contributed by atoms with Gasteiger partial charge in [0.1, 0.15) is 0 Å². The fourth-order valence-electron chi connectivity index (χ4n) is 1.47. The summed E-state index contributed by atoms with van der Waals surface area (Å²) in [4.78, 5) is 22.7. The van der Waals surface area contributed by atoms with Crippen molar-refractivity contribution in [2.75, 3.05) is 6.61 Å². The van der Waals surface area contributed by atoms with Gasteiger partial charge in [0.15, 0.2) is 0 Å². The minimum Gasteiger partial charge on any atom is -0.475 e. The van der Waals surface area contributed by atoms with Crippen molar-refractivity contribution < 1.29 is 24.2 Å². The Morgan fingerprint density at radius 2 is 2.00 bits per heavy atom. The lowest BCUT2D eigenvalue weighted by Crippen LogP contribution is -2.26. The van der Waals surface area contributed by atoms with E-state index in [1.54, 1.807) is 20.8 Å². The van der Waals surface area contributed by atoms with Crippen LogP contribution in [0.4, 0.5) is 0 Å². The molecule has 1 unspecified atom stereocenters. The third-order valence-corrected chi connectivity index (χ3v) is 2.58. The van der Waals surface area contributed by atoms with Gasteiger partial charge in [-0.1, -0.05) is 0 Å². The Balaban J connectivity index is 2.73. The molecule has 5 nitrogen and oxygen atoms in total. The zero-order chi connectivity index (χ0) is 13.8. The van der Waals surface area contributed by atoms with E-state index >= 15 is 0 Å². The van der Waals surface area contributed by atoms with Crippen LogP contribution in [0.2, 0.25) is 0 Å². The van der Waals surface area contributed by atoms with Gasteiger partial charge in [-0.25, -0.2) is 4.79 Å². The zero-order valence-corrected chi connectivity index (χ0v) is 11.1. The van der Waals surface area contributed by atoms with E-state index in [-0.39, 0.29) is 11.9 Å². The Kier molecular flexibility index (Phi) is 4.90. The fraction of sp³-hybridized carbons (Fsp3) is 0.692. The summed E-state index contributed by atoms with van der Waals surface area (Å²) in [5, 5.41) is 9.02. The summed E-state index contributed by atoms with van der Waals surface area (Å²) in [6, 6.07) is 0. The summed E-state index contributed by atoms with van der Waals surface area (Å²) < 4.78 is 10.3. The third kappa shape index (κ3) is 4.49. The second-order valence-corrected chi connectivity index (χ2v) is 5.38. The maximum Gasteiger partial charge on any atom is 0.371 e. The van der Waals surface area contributed by atoms with E-state index in [1.165, 1.54) is 6.08 Å². The number of carboxylic acid groups (broad SMARTS) is 1. The molecule has 18 heavy (non-hydrogen) atoms. The summed E-state index contributed by atoms with van der Waals surface area (Å²) in [6.45, 7) is 5.63. The highest BCUT2D eigenvalue weighted by Crippen LogP contribution is 2.20. The Morgan fingerprint density at radius 3 is 2.44 bits per heavy atom. The molecule has 0 bridgehead atoms. The largest absolute Gasteiger partial charge is 0.475 e. The molecule has 1 rings (SSSR count). The highest BCUT2D eigenvalue weighted by Gasteiger charge is 2.27. The number of carboxylic acids is 1. The summed E-state index contributed by atoms with van der Waals surface area (Å²) in [7, 11) is 0. The molecule has 1 heterocycles. The maximum absolute atomic E-state index is 11.7. The molecule has 1 aliphatic heterocycles. The van der Waals surface area contributed by atoms with Crippen molar-refractivity contribution in [3.8, 4) is 0 Å². The van der Waals surface area contributed by atoms with Gasteiger partial charge < -0.3 is 14.6 Å². The highest BCUT2D eigenvalue weighted by molar-refractivity contribution is 5.89. The molecule has 1 fully saturated rings. The van der Waals surface area contributed by atoms with Gasteiger partial charge in [0.05, 0.1) is 11.5 Å². The normalized spacial score (nSPS) is 21.5. The van der Waals surface area contributed by atoms with Crippen molar-refractivity contribution in [3.63, 3.8) is 0 Å². The van der Waals surface area contributed by atoms with E-state index in [0.717, 1.165) is 19.3 Å². The van der Waals surface area contributed by atoms with Gasteiger partial charge in [-0.3, -0.25) is 4.79 Å². The van der Waals surface area contributed by atoms with E-state index < -0.39 is 17.4 Å². The molecule has 0 aromatic rings. The second-order valence-electron chi connectivity index (χ2n) is 5.38. The molecule has 1 saturated heterocycles.